The van der Waals surface area contributed by atoms with Crippen molar-refractivity contribution < 1.29 is 22.5 Å². The molecule has 0 heterocycles. The number of halogens is 1. The number of primary sulfonamides is 1. The van der Waals surface area contributed by atoms with Crippen LogP contribution in [-0.4, -0.2) is 19.4 Å². The Labute approximate surface area is 121 Å². The second-order valence-electron chi connectivity index (χ2n) is 4.93. The van der Waals surface area contributed by atoms with Crippen molar-refractivity contribution in [3.8, 4) is 5.75 Å². The van der Waals surface area contributed by atoms with Gasteiger partial charge in [-0.3, -0.25) is 10.1 Å². The molecule has 0 saturated heterocycles. The lowest BCUT2D eigenvalue weighted by Gasteiger charge is -2.22. The summed E-state index contributed by atoms with van der Waals surface area (Å²) in [4.78, 5) is 9.30. The van der Waals surface area contributed by atoms with Crippen LogP contribution in [0, 0.1) is 15.9 Å². The Bertz CT molecular complexity index is 656. The van der Waals surface area contributed by atoms with Crippen LogP contribution in [0.4, 0.5) is 10.1 Å². The summed E-state index contributed by atoms with van der Waals surface area (Å²) in [6, 6.07) is 1.31. The van der Waals surface area contributed by atoms with Crippen LogP contribution in [0.15, 0.2) is 17.0 Å². The maximum absolute atomic E-state index is 13.8. The zero-order valence-electron chi connectivity index (χ0n) is 11.1. The summed E-state index contributed by atoms with van der Waals surface area (Å²) in [5.74, 6) is -1.43. The van der Waals surface area contributed by atoms with Gasteiger partial charge in [-0.1, -0.05) is 6.42 Å². The molecule has 116 valence electrons. The first-order valence-electron chi connectivity index (χ1n) is 6.46. The monoisotopic (exact) mass is 318 g/mol. The van der Waals surface area contributed by atoms with Crippen LogP contribution in [0.5, 0.6) is 5.75 Å². The molecule has 1 aliphatic rings. The van der Waals surface area contributed by atoms with E-state index in [-0.39, 0.29) is 11.9 Å². The molecule has 0 unspecified atom stereocenters. The number of hydrogen-bond acceptors (Lipinski definition) is 5. The first kappa shape index (κ1) is 15.6. The number of benzene rings is 1. The maximum Gasteiger partial charge on any atom is 0.312 e. The molecule has 7 nitrogen and oxygen atoms in total. The molecule has 0 bridgehead atoms. The Morgan fingerprint density at radius 3 is 2.43 bits per heavy atom. The molecule has 0 amide bonds. The normalized spacial score (nSPS) is 16.7. The Kier molecular flexibility index (Phi) is 4.43. The molecule has 1 fully saturated rings. The van der Waals surface area contributed by atoms with E-state index >= 15 is 0 Å². The van der Waals surface area contributed by atoms with Crippen LogP contribution in [0.2, 0.25) is 0 Å². The van der Waals surface area contributed by atoms with Gasteiger partial charge in [-0.15, -0.1) is 0 Å². The molecular formula is C12H15FN2O5S. The molecule has 0 aliphatic heterocycles. The molecule has 2 rings (SSSR count). The van der Waals surface area contributed by atoms with Crippen molar-refractivity contribution in [2.45, 2.75) is 43.1 Å². The van der Waals surface area contributed by atoms with Gasteiger partial charge < -0.3 is 4.74 Å². The molecule has 0 spiro atoms. The fourth-order valence-electron chi connectivity index (χ4n) is 2.34. The summed E-state index contributed by atoms with van der Waals surface area (Å²) < 4.78 is 41.7. The highest BCUT2D eigenvalue weighted by atomic mass is 32.2. The van der Waals surface area contributed by atoms with Gasteiger partial charge in [-0.05, 0) is 25.7 Å². The van der Waals surface area contributed by atoms with Crippen molar-refractivity contribution in [2.24, 2.45) is 5.14 Å². The average molecular weight is 318 g/mol. The fraction of sp³-hybridized carbons (Fsp3) is 0.500. The fourth-order valence-corrected chi connectivity index (χ4v) is 2.95. The van der Waals surface area contributed by atoms with Crippen LogP contribution in [0.25, 0.3) is 0 Å². The van der Waals surface area contributed by atoms with Gasteiger partial charge in [-0.2, -0.15) is 0 Å². The number of hydrogen-bond donors (Lipinski definition) is 1. The van der Waals surface area contributed by atoms with E-state index in [0.717, 1.165) is 32.1 Å². The van der Waals surface area contributed by atoms with Crippen LogP contribution in [-0.2, 0) is 10.0 Å². The number of nitro benzene ring substituents is 1. The standard InChI is InChI=1S/C12H15FN2O5S/c13-9-6-11(20-8-4-2-1-3-5-8)10(15(16)17)7-12(9)21(14,18)19/h6-8H,1-5H2,(H2,14,18,19). The van der Waals surface area contributed by atoms with Gasteiger partial charge in [0.05, 0.1) is 11.0 Å². The number of sulfonamides is 1. The first-order valence-corrected chi connectivity index (χ1v) is 8.01. The maximum atomic E-state index is 13.8. The second-order valence-corrected chi connectivity index (χ2v) is 6.46. The first-order chi connectivity index (χ1) is 9.79. The third-order valence-electron chi connectivity index (χ3n) is 3.36. The van der Waals surface area contributed by atoms with Crippen molar-refractivity contribution in [3.05, 3.63) is 28.1 Å². The molecule has 21 heavy (non-hydrogen) atoms. The highest BCUT2D eigenvalue weighted by Crippen LogP contribution is 2.34. The van der Waals surface area contributed by atoms with E-state index in [0.29, 0.717) is 12.1 Å². The van der Waals surface area contributed by atoms with E-state index in [1.165, 1.54) is 0 Å². The molecule has 9 heteroatoms. The van der Waals surface area contributed by atoms with E-state index in [4.69, 9.17) is 9.88 Å². The highest BCUT2D eigenvalue weighted by molar-refractivity contribution is 7.89. The van der Waals surface area contributed by atoms with Crippen molar-refractivity contribution in [1.82, 2.24) is 0 Å². The topological polar surface area (TPSA) is 113 Å². The van der Waals surface area contributed by atoms with Gasteiger partial charge in [0, 0.05) is 12.1 Å². The Balaban J connectivity index is 2.40. The molecule has 0 radical (unpaired) electrons. The second kappa shape index (κ2) is 5.94. The molecule has 1 saturated carbocycles. The number of rotatable bonds is 4. The SMILES string of the molecule is NS(=O)(=O)c1cc([N+](=O)[O-])c(OC2CCCCC2)cc1F. The molecular weight excluding hydrogens is 303 g/mol. The zero-order valence-corrected chi connectivity index (χ0v) is 11.9. The predicted octanol–water partition coefficient (Wildman–Crippen LogP) is 2.09. The van der Waals surface area contributed by atoms with Gasteiger partial charge in [0.1, 0.15) is 10.7 Å². The summed E-state index contributed by atoms with van der Waals surface area (Å²) in [6.45, 7) is 0. The van der Waals surface area contributed by atoms with Crippen molar-refractivity contribution in [2.75, 3.05) is 0 Å². The number of nitro groups is 1. The van der Waals surface area contributed by atoms with Gasteiger partial charge in [0.15, 0.2) is 5.75 Å². The molecule has 0 aromatic heterocycles. The number of nitrogens with two attached hydrogens (primary N) is 1. The largest absolute Gasteiger partial charge is 0.483 e. The number of ether oxygens (including phenoxy) is 1. The summed E-state index contributed by atoms with van der Waals surface area (Å²) >= 11 is 0. The highest BCUT2D eigenvalue weighted by Gasteiger charge is 2.27. The summed E-state index contributed by atoms with van der Waals surface area (Å²) in [5.41, 5.74) is -0.606. The third kappa shape index (κ3) is 3.67. The van der Waals surface area contributed by atoms with E-state index in [9.17, 15) is 22.9 Å². The number of nitrogens with zero attached hydrogens (tertiary/aromatic N) is 1. The summed E-state index contributed by atoms with van der Waals surface area (Å²) in [7, 11) is -4.37. The van der Waals surface area contributed by atoms with E-state index < -0.39 is 31.3 Å². The average Bonchev–Trinajstić information content (AvgIpc) is 2.38. The lowest BCUT2D eigenvalue weighted by Crippen LogP contribution is -2.21. The molecule has 1 aromatic carbocycles. The minimum Gasteiger partial charge on any atom is -0.483 e. The smallest absolute Gasteiger partial charge is 0.312 e. The van der Waals surface area contributed by atoms with Crippen molar-refractivity contribution >= 4 is 15.7 Å². The lowest BCUT2D eigenvalue weighted by molar-refractivity contribution is -0.386. The van der Waals surface area contributed by atoms with Crippen LogP contribution >= 0.6 is 0 Å². The van der Waals surface area contributed by atoms with Crippen molar-refractivity contribution in [3.63, 3.8) is 0 Å². The molecule has 1 aliphatic carbocycles. The van der Waals surface area contributed by atoms with Crippen LogP contribution in [0.3, 0.4) is 0 Å². The molecule has 2 N–H and O–H groups in total. The van der Waals surface area contributed by atoms with Gasteiger partial charge in [-0.25, -0.2) is 17.9 Å². The quantitative estimate of drug-likeness (QED) is 0.674. The minimum atomic E-state index is -4.37. The molecule has 1 aromatic rings. The predicted molar refractivity (Wildman–Crippen MR) is 71.9 cm³/mol. The van der Waals surface area contributed by atoms with Gasteiger partial charge in [0.25, 0.3) is 0 Å². The summed E-state index contributed by atoms with van der Waals surface area (Å²) in [5, 5.41) is 15.9. The van der Waals surface area contributed by atoms with E-state index in [1.807, 2.05) is 0 Å². The lowest BCUT2D eigenvalue weighted by atomic mass is 9.98. The Hall–Kier alpha value is -1.74. The Morgan fingerprint density at radius 1 is 1.29 bits per heavy atom. The third-order valence-corrected chi connectivity index (χ3v) is 4.29. The summed E-state index contributed by atoms with van der Waals surface area (Å²) in [6.07, 6.45) is 4.19. The van der Waals surface area contributed by atoms with Crippen molar-refractivity contribution in [1.29, 1.82) is 0 Å². The van der Waals surface area contributed by atoms with Gasteiger partial charge >= 0.3 is 5.69 Å². The van der Waals surface area contributed by atoms with Crippen LogP contribution in [0.1, 0.15) is 32.1 Å². The van der Waals surface area contributed by atoms with Gasteiger partial charge in [0.2, 0.25) is 10.0 Å². The molecule has 0 atom stereocenters. The zero-order chi connectivity index (χ0) is 15.6. The minimum absolute atomic E-state index is 0.225. The van der Waals surface area contributed by atoms with E-state index in [2.05, 4.69) is 0 Å². The van der Waals surface area contributed by atoms with Crippen LogP contribution < -0.4 is 9.88 Å². The van der Waals surface area contributed by atoms with E-state index in [1.54, 1.807) is 0 Å². The Morgan fingerprint density at radius 2 is 1.90 bits per heavy atom.